The molecule has 2 heteroatoms. The Morgan fingerprint density at radius 1 is 1.08 bits per heavy atom. The predicted molar refractivity (Wildman–Crippen MR) is 47.7 cm³/mol. The number of rotatable bonds is 0. The quantitative estimate of drug-likeness (QED) is 0.515. The van der Waals surface area contributed by atoms with Crippen LogP contribution in [0, 0.1) is 0 Å². The van der Waals surface area contributed by atoms with E-state index in [1.807, 2.05) is 30.3 Å². The number of benzene rings is 1. The molecule has 0 aromatic heterocycles. The zero-order valence-electron chi connectivity index (χ0n) is 6.78. The standard InChI is InChI=1S/C11H6O2/c12-10-6-8-5-7-3-1-2-4-9(7)11(8)13-10/h1-6H. The Morgan fingerprint density at radius 3 is 2.85 bits per heavy atom. The summed E-state index contributed by atoms with van der Waals surface area (Å²) in [6.45, 7) is 0. The molecule has 1 heterocycles. The number of ether oxygens (including phenoxy) is 1. The van der Waals surface area contributed by atoms with Gasteiger partial charge in [0.2, 0.25) is 0 Å². The second-order valence-corrected chi connectivity index (χ2v) is 3.08. The van der Waals surface area contributed by atoms with Crippen molar-refractivity contribution in [1.29, 1.82) is 0 Å². The number of carbonyl (C=O) groups is 1. The molecule has 0 atom stereocenters. The third kappa shape index (κ3) is 0.798. The van der Waals surface area contributed by atoms with Gasteiger partial charge in [0.1, 0.15) is 5.76 Å². The highest BCUT2D eigenvalue weighted by molar-refractivity contribution is 6.00. The highest BCUT2D eigenvalue weighted by Crippen LogP contribution is 2.22. The molecular weight excluding hydrogens is 164 g/mol. The summed E-state index contributed by atoms with van der Waals surface area (Å²) < 4.78 is 5.07. The Bertz CT molecular complexity index is 550. The third-order valence-corrected chi connectivity index (χ3v) is 2.25. The van der Waals surface area contributed by atoms with Gasteiger partial charge < -0.3 is 4.74 Å². The minimum atomic E-state index is -0.268. The van der Waals surface area contributed by atoms with Crippen LogP contribution in [0.15, 0.2) is 35.9 Å². The van der Waals surface area contributed by atoms with Crippen molar-refractivity contribution in [1.82, 2.24) is 0 Å². The van der Waals surface area contributed by atoms with Gasteiger partial charge in [0.25, 0.3) is 0 Å². The molecule has 0 saturated heterocycles. The fourth-order valence-electron chi connectivity index (χ4n) is 1.70. The number of carbonyl (C=O) groups excluding carboxylic acids is 1. The molecule has 0 spiro atoms. The van der Waals surface area contributed by atoms with Crippen LogP contribution in [0.5, 0.6) is 0 Å². The first-order valence-corrected chi connectivity index (χ1v) is 4.09. The van der Waals surface area contributed by atoms with E-state index in [2.05, 4.69) is 0 Å². The Kier molecular flexibility index (Phi) is 1.08. The van der Waals surface area contributed by atoms with Crippen LogP contribution in [0.3, 0.4) is 0 Å². The van der Waals surface area contributed by atoms with Crippen molar-refractivity contribution in [2.24, 2.45) is 0 Å². The van der Waals surface area contributed by atoms with E-state index in [0.29, 0.717) is 5.76 Å². The molecule has 2 nitrogen and oxygen atoms in total. The molecule has 62 valence electrons. The van der Waals surface area contributed by atoms with Crippen LogP contribution in [-0.2, 0) is 9.53 Å². The van der Waals surface area contributed by atoms with E-state index in [0.717, 1.165) is 16.0 Å². The predicted octanol–water partition coefficient (Wildman–Crippen LogP) is 0.0721. The second-order valence-electron chi connectivity index (χ2n) is 3.08. The monoisotopic (exact) mass is 170 g/mol. The smallest absolute Gasteiger partial charge is 0.336 e. The first-order valence-electron chi connectivity index (χ1n) is 4.09. The molecule has 1 aromatic carbocycles. The molecule has 0 fully saturated rings. The summed E-state index contributed by atoms with van der Waals surface area (Å²) in [5, 5.41) is 2.14. The molecule has 1 aromatic rings. The van der Waals surface area contributed by atoms with Gasteiger partial charge in [-0.3, -0.25) is 0 Å². The van der Waals surface area contributed by atoms with Gasteiger partial charge >= 0.3 is 5.97 Å². The normalized spacial score (nSPS) is 17.4. The molecule has 0 N–H and O–H groups in total. The highest BCUT2D eigenvalue weighted by Gasteiger charge is 2.22. The number of fused-ring (bicyclic) bond motifs is 2. The van der Waals surface area contributed by atoms with Crippen LogP contribution in [0.25, 0.3) is 11.8 Å². The van der Waals surface area contributed by atoms with Crippen LogP contribution >= 0.6 is 0 Å². The van der Waals surface area contributed by atoms with Gasteiger partial charge in [0, 0.05) is 16.9 Å². The van der Waals surface area contributed by atoms with Gasteiger partial charge in [0.05, 0.1) is 0 Å². The molecule has 1 aliphatic heterocycles. The van der Waals surface area contributed by atoms with E-state index in [4.69, 9.17) is 4.74 Å². The Hall–Kier alpha value is -1.83. The van der Waals surface area contributed by atoms with Crippen LogP contribution in [0.2, 0.25) is 0 Å². The zero-order chi connectivity index (χ0) is 8.84. The van der Waals surface area contributed by atoms with Crippen molar-refractivity contribution >= 4 is 17.8 Å². The summed E-state index contributed by atoms with van der Waals surface area (Å²) in [5.41, 5.74) is 0.895. The lowest BCUT2D eigenvalue weighted by molar-refractivity contribution is -0.130. The maximum Gasteiger partial charge on any atom is 0.336 e. The van der Waals surface area contributed by atoms with E-state index in [-0.39, 0.29) is 5.97 Å². The fourth-order valence-corrected chi connectivity index (χ4v) is 1.70. The van der Waals surface area contributed by atoms with Crippen LogP contribution < -0.4 is 10.4 Å². The Morgan fingerprint density at radius 2 is 1.92 bits per heavy atom. The topological polar surface area (TPSA) is 26.3 Å². The third-order valence-electron chi connectivity index (χ3n) is 2.25. The fraction of sp³-hybridized carbons (Fsp3) is 0. The molecule has 3 rings (SSSR count). The maximum atomic E-state index is 10.9. The number of hydrogen-bond acceptors (Lipinski definition) is 2. The number of esters is 1. The lowest BCUT2D eigenvalue weighted by Crippen LogP contribution is -2.22. The molecule has 0 amide bonds. The van der Waals surface area contributed by atoms with Crippen molar-refractivity contribution in [3.05, 3.63) is 46.4 Å². The molecule has 1 aliphatic carbocycles. The summed E-state index contributed by atoms with van der Waals surface area (Å²) >= 11 is 0. The minimum Gasteiger partial charge on any atom is -0.422 e. The first kappa shape index (κ1) is 6.66. The molecule has 13 heavy (non-hydrogen) atoms. The molecule has 0 unspecified atom stereocenters. The van der Waals surface area contributed by atoms with Crippen molar-refractivity contribution in [3.63, 3.8) is 0 Å². The second kappa shape index (κ2) is 2.10. The van der Waals surface area contributed by atoms with Gasteiger partial charge in [-0.1, -0.05) is 24.3 Å². The average Bonchev–Trinajstić information content (AvgIpc) is 2.60. The summed E-state index contributed by atoms with van der Waals surface area (Å²) in [5.74, 6) is 0.441. The van der Waals surface area contributed by atoms with Crippen molar-refractivity contribution in [2.75, 3.05) is 0 Å². The van der Waals surface area contributed by atoms with Gasteiger partial charge in [-0.25, -0.2) is 4.79 Å². The van der Waals surface area contributed by atoms with E-state index < -0.39 is 0 Å². The van der Waals surface area contributed by atoms with Gasteiger partial charge in [-0.15, -0.1) is 0 Å². The van der Waals surface area contributed by atoms with E-state index >= 15 is 0 Å². The van der Waals surface area contributed by atoms with Crippen molar-refractivity contribution in [3.8, 4) is 0 Å². The van der Waals surface area contributed by atoms with Gasteiger partial charge in [-0.2, -0.15) is 0 Å². The highest BCUT2D eigenvalue weighted by atomic mass is 16.5. The molecule has 2 aliphatic rings. The SMILES string of the molecule is O=C1C=C2C=c3ccccc3=C2O1. The molecule has 0 bridgehead atoms. The summed E-state index contributed by atoms with van der Waals surface area (Å²) in [7, 11) is 0. The van der Waals surface area contributed by atoms with Crippen LogP contribution in [0.1, 0.15) is 0 Å². The minimum absolute atomic E-state index is 0.268. The molecule has 0 saturated carbocycles. The zero-order valence-corrected chi connectivity index (χ0v) is 6.78. The van der Waals surface area contributed by atoms with Crippen LogP contribution in [-0.4, -0.2) is 5.97 Å². The lowest BCUT2D eigenvalue weighted by atomic mass is 10.2. The first-order chi connectivity index (χ1) is 6.34. The summed E-state index contributed by atoms with van der Waals surface area (Å²) in [6.07, 6.45) is 3.49. The van der Waals surface area contributed by atoms with Gasteiger partial charge in [-0.05, 0) is 11.3 Å². The lowest BCUT2D eigenvalue weighted by Gasteiger charge is -1.93. The van der Waals surface area contributed by atoms with Crippen molar-refractivity contribution < 1.29 is 9.53 Å². The summed E-state index contributed by atoms with van der Waals surface area (Å²) in [6, 6.07) is 7.88. The molecular formula is C11H6O2. The van der Waals surface area contributed by atoms with E-state index in [9.17, 15) is 4.79 Å². The Balaban J connectivity index is 2.47. The largest absolute Gasteiger partial charge is 0.422 e. The average molecular weight is 170 g/mol. The van der Waals surface area contributed by atoms with Gasteiger partial charge in [0.15, 0.2) is 0 Å². The van der Waals surface area contributed by atoms with E-state index in [1.54, 1.807) is 0 Å². The molecule has 0 radical (unpaired) electrons. The van der Waals surface area contributed by atoms with Crippen molar-refractivity contribution in [2.45, 2.75) is 0 Å². The summed E-state index contributed by atoms with van der Waals surface area (Å²) in [4.78, 5) is 10.9. The Labute approximate surface area is 74.5 Å². The number of hydrogen-bond donors (Lipinski definition) is 0. The maximum absolute atomic E-state index is 10.9. The van der Waals surface area contributed by atoms with E-state index in [1.165, 1.54) is 6.08 Å². The van der Waals surface area contributed by atoms with Crippen LogP contribution in [0.4, 0.5) is 0 Å².